The van der Waals surface area contributed by atoms with Gasteiger partial charge in [-0.3, -0.25) is 0 Å². The fourth-order valence-corrected chi connectivity index (χ4v) is 4.84. The number of aromatic nitrogens is 2. The van der Waals surface area contributed by atoms with E-state index in [1.54, 1.807) is 0 Å². The van der Waals surface area contributed by atoms with E-state index in [-0.39, 0.29) is 5.97 Å². The van der Waals surface area contributed by atoms with Crippen molar-refractivity contribution in [2.75, 3.05) is 7.11 Å². The second kappa shape index (κ2) is 9.23. The first kappa shape index (κ1) is 21.9. The van der Waals surface area contributed by atoms with Crippen molar-refractivity contribution < 1.29 is 9.53 Å². The second-order valence-corrected chi connectivity index (χ2v) is 9.11. The fraction of sp³-hybridized carbons (Fsp3) is 0.0938. The Kier molecular flexibility index (Phi) is 5.62. The Balaban J connectivity index is 1.32. The summed E-state index contributed by atoms with van der Waals surface area (Å²) in [5.41, 5.74) is 7.80. The molecule has 36 heavy (non-hydrogen) atoms. The number of carbonyl (C=O) groups excluding carboxylic acids is 1. The van der Waals surface area contributed by atoms with Gasteiger partial charge in [0.2, 0.25) is 0 Å². The van der Waals surface area contributed by atoms with Crippen LogP contribution < -0.4 is 0 Å². The van der Waals surface area contributed by atoms with Gasteiger partial charge >= 0.3 is 5.97 Å². The van der Waals surface area contributed by atoms with Crippen molar-refractivity contribution >= 4 is 27.8 Å². The molecule has 0 aliphatic rings. The van der Waals surface area contributed by atoms with Gasteiger partial charge < -0.3 is 13.9 Å². The lowest BCUT2D eigenvalue weighted by Crippen LogP contribution is -2.02. The maximum absolute atomic E-state index is 11.7. The molecule has 0 aliphatic heterocycles. The first-order valence-corrected chi connectivity index (χ1v) is 12.1. The van der Waals surface area contributed by atoms with Crippen LogP contribution in [0.25, 0.3) is 32.9 Å². The summed E-state index contributed by atoms with van der Waals surface area (Å²) in [5.74, 6) is -0.315. The van der Waals surface area contributed by atoms with E-state index in [0.717, 1.165) is 18.7 Å². The predicted molar refractivity (Wildman–Crippen MR) is 145 cm³/mol. The summed E-state index contributed by atoms with van der Waals surface area (Å²) in [5, 5.41) is 2.45. The van der Waals surface area contributed by atoms with E-state index >= 15 is 0 Å². The highest BCUT2D eigenvalue weighted by atomic mass is 16.5. The molecule has 0 radical (unpaired) electrons. The zero-order valence-electron chi connectivity index (χ0n) is 20.1. The topological polar surface area (TPSA) is 36.2 Å². The summed E-state index contributed by atoms with van der Waals surface area (Å²) in [7, 11) is 1.40. The molecule has 0 N–H and O–H groups in total. The van der Waals surface area contributed by atoms with Crippen LogP contribution in [0.5, 0.6) is 0 Å². The molecule has 4 aromatic carbocycles. The van der Waals surface area contributed by atoms with Crippen molar-refractivity contribution in [2.24, 2.45) is 0 Å². The van der Waals surface area contributed by atoms with Gasteiger partial charge in [-0.25, -0.2) is 4.79 Å². The van der Waals surface area contributed by atoms with Gasteiger partial charge in [-0.05, 0) is 69.4 Å². The summed E-state index contributed by atoms with van der Waals surface area (Å²) in [6.07, 6.45) is 4.29. The van der Waals surface area contributed by atoms with E-state index < -0.39 is 0 Å². The third-order valence-electron chi connectivity index (χ3n) is 6.80. The van der Waals surface area contributed by atoms with Crippen molar-refractivity contribution in [3.63, 3.8) is 0 Å². The number of nitrogens with zero attached hydrogens (tertiary/aromatic N) is 2. The second-order valence-electron chi connectivity index (χ2n) is 9.11. The number of benzene rings is 4. The molecular formula is C32H26N2O2. The SMILES string of the molecule is COC(=O)c1ccc(Cn2ccc3ccc(-c4ccc5ccn(Cc6ccccc6)c5c4)cc32)cc1. The number of carbonyl (C=O) groups is 1. The van der Waals surface area contributed by atoms with E-state index in [4.69, 9.17) is 4.74 Å². The van der Waals surface area contributed by atoms with Crippen LogP contribution in [0.4, 0.5) is 0 Å². The molecule has 6 aromatic rings. The molecule has 0 aliphatic carbocycles. The Hall–Kier alpha value is -4.57. The van der Waals surface area contributed by atoms with Gasteiger partial charge in [-0.1, -0.05) is 66.7 Å². The lowest BCUT2D eigenvalue weighted by atomic mass is 10.0. The van der Waals surface area contributed by atoms with Gasteiger partial charge in [0.25, 0.3) is 0 Å². The standard InChI is InChI=1S/C32H26N2O2/c1-36-32(35)27-9-7-24(8-10-27)22-34-18-16-26-12-14-29(20-31(26)34)28-13-11-25-15-17-33(30(25)19-28)21-23-5-3-2-4-6-23/h2-20H,21-22H2,1H3. The van der Waals surface area contributed by atoms with Crippen molar-refractivity contribution in [1.82, 2.24) is 9.13 Å². The van der Waals surface area contributed by atoms with Crippen LogP contribution >= 0.6 is 0 Å². The maximum Gasteiger partial charge on any atom is 0.337 e. The molecule has 6 rings (SSSR count). The van der Waals surface area contributed by atoms with Gasteiger partial charge in [0.15, 0.2) is 0 Å². The van der Waals surface area contributed by atoms with Crippen LogP contribution in [0.3, 0.4) is 0 Å². The predicted octanol–water partition coefficient (Wildman–Crippen LogP) is 7.15. The molecule has 0 fully saturated rings. The van der Waals surface area contributed by atoms with Crippen LogP contribution in [-0.2, 0) is 17.8 Å². The Morgan fingerprint density at radius 2 is 1.17 bits per heavy atom. The van der Waals surface area contributed by atoms with Crippen molar-refractivity contribution in [3.05, 3.63) is 132 Å². The van der Waals surface area contributed by atoms with Crippen LogP contribution in [0, 0.1) is 0 Å². The zero-order chi connectivity index (χ0) is 24.5. The van der Waals surface area contributed by atoms with Crippen molar-refractivity contribution in [2.45, 2.75) is 13.1 Å². The Labute approximate surface area is 210 Å². The van der Waals surface area contributed by atoms with Gasteiger partial charge in [-0.2, -0.15) is 0 Å². The minimum atomic E-state index is -0.315. The van der Waals surface area contributed by atoms with E-state index in [9.17, 15) is 4.79 Å². The molecule has 0 bridgehead atoms. The minimum absolute atomic E-state index is 0.315. The quantitative estimate of drug-likeness (QED) is 0.242. The van der Waals surface area contributed by atoms with E-state index in [2.05, 4.69) is 100 Å². The summed E-state index contributed by atoms with van der Waals surface area (Å²) in [4.78, 5) is 11.7. The molecule has 0 atom stereocenters. The number of rotatable bonds is 6. The molecule has 0 unspecified atom stereocenters. The van der Waals surface area contributed by atoms with Gasteiger partial charge in [0.05, 0.1) is 12.7 Å². The summed E-state index contributed by atoms with van der Waals surface area (Å²) < 4.78 is 9.37. The zero-order valence-corrected chi connectivity index (χ0v) is 20.1. The normalized spacial score (nSPS) is 11.2. The van der Waals surface area contributed by atoms with Crippen LogP contribution in [-0.4, -0.2) is 22.2 Å². The molecule has 0 spiro atoms. The monoisotopic (exact) mass is 470 g/mol. The van der Waals surface area contributed by atoms with E-state index in [1.165, 1.54) is 45.6 Å². The third-order valence-corrected chi connectivity index (χ3v) is 6.80. The molecule has 4 nitrogen and oxygen atoms in total. The molecular weight excluding hydrogens is 444 g/mol. The number of ether oxygens (including phenoxy) is 1. The van der Waals surface area contributed by atoms with Crippen LogP contribution in [0.1, 0.15) is 21.5 Å². The van der Waals surface area contributed by atoms with Crippen LogP contribution in [0.15, 0.2) is 116 Å². The highest BCUT2D eigenvalue weighted by molar-refractivity contribution is 5.90. The molecule has 2 aromatic heterocycles. The fourth-order valence-electron chi connectivity index (χ4n) is 4.84. The highest BCUT2D eigenvalue weighted by Crippen LogP contribution is 2.29. The van der Waals surface area contributed by atoms with E-state index in [1.807, 2.05) is 24.3 Å². The smallest absolute Gasteiger partial charge is 0.337 e. The van der Waals surface area contributed by atoms with Gasteiger partial charge in [0, 0.05) is 36.5 Å². The molecule has 0 amide bonds. The van der Waals surface area contributed by atoms with Crippen LogP contribution in [0.2, 0.25) is 0 Å². The van der Waals surface area contributed by atoms with E-state index in [0.29, 0.717) is 5.56 Å². The first-order valence-electron chi connectivity index (χ1n) is 12.1. The molecule has 0 saturated carbocycles. The maximum atomic E-state index is 11.7. The highest BCUT2D eigenvalue weighted by Gasteiger charge is 2.09. The Morgan fingerprint density at radius 3 is 1.69 bits per heavy atom. The summed E-state index contributed by atoms with van der Waals surface area (Å²) >= 11 is 0. The average Bonchev–Trinajstić information content (AvgIpc) is 3.52. The molecule has 4 heteroatoms. The number of esters is 1. The van der Waals surface area contributed by atoms with Gasteiger partial charge in [-0.15, -0.1) is 0 Å². The van der Waals surface area contributed by atoms with Gasteiger partial charge in [0.1, 0.15) is 0 Å². The van der Waals surface area contributed by atoms with Crippen molar-refractivity contribution in [3.8, 4) is 11.1 Å². The lowest BCUT2D eigenvalue weighted by Gasteiger charge is -2.10. The number of fused-ring (bicyclic) bond motifs is 2. The lowest BCUT2D eigenvalue weighted by molar-refractivity contribution is 0.0600. The summed E-state index contributed by atoms with van der Waals surface area (Å²) in [6, 6.07) is 35.9. The number of hydrogen-bond acceptors (Lipinski definition) is 2. The Bertz CT molecular complexity index is 1670. The average molecular weight is 471 g/mol. The third kappa shape index (κ3) is 4.18. The Morgan fingerprint density at radius 1 is 0.639 bits per heavy atom. The van der Waals surface area contributed by atoms with Crippen molar-refractivity contribution in [1.29, 1.82) is 0 Å². The summed E-state index contributed by atoms with van der Waals surface area (Å²) in [6.45, 7) is 1.58. The molecule has 176 valence electrons. The molecule has 0 saturated heterocycles. The minimum Gasteiger partial charge on any atom is -0.465 e. The number of methoxy groups -OCH3 is 1. The largest absolute Gasteiger partial charge is 0.465 e. The molecule has 2 heterocycles. The first-order chi connectivity index (χ1) is 17.7. The number of hydrogen-bond donors (Lipinski definition) is 0.